The Morgan fingerprint density at radius 2 is 1.96 bits per heavy atom. The van der Waals surface area contributed by atoms with E-state index in [2.05, 4.69) is 10.3 Å². The molecule has 1 N–H and O–H groups in total. The second kappa shape index (κ2) is 7.97. The molecular weight excluding hydrogens is 350 g/mol. The summed E-state index contributed by atoms with van der Waals surface area (Å²) in [4.78, 5) is 16.8. The first-order valence-electron chi connectivity index (χ1n) is 8.70. The highest BCUT2D eigenvalue weighted by molar-refractivity contribution is 7.88. The van der Waals surface area contributed by atoms with Crippen LogP contribution in [0.4, 0.5) is 5.82 Å². The highest BCUT2D eigenvalue weighted by Crippen LogP contribution is 2.22. The van der Waals surface area contributed by atoms with Crippen molar-refractivity contribution in [3.8, 4) is 0 Å². The molecular formula is C19H23N3O3S. The lowest BCUT2D eigenvalue weighted by Gasteiger charge is -2.31. The Hall–Kier alpha value is -2.25. The number of carbonyl (C=O) groups excluding carboxylic acids is 1. The van der Waals surface area contributed by atoms with Gasteiger partial charge in [-0.15, -0.1) is 0 Å². The molecule has 1 aliphatic heterocycles. The molecule has 138 valence electrons. The molecule has 2 aromatic rings. The van der Waals surface area contributed by atoms with Crippen LogP contribution in [-0.2, 0) is 20.6 Å². The molecule has 1 amide bonds. The van der Waals surface area contributed by atoms with Gasteiger partial charge >= 0.3 is 0 Å². The van der Waals surface area contributed by atoms with Crippen LogP contribution < -0.4 is 5.32 Å². The second-order valence-electron chi connectivity index (χ2n) is 6.59. The van der Waals surface area contributed by atoms with Gasteiger partial charge in [0.05, 0.1) is 11.7 Å². The molecule has 0 saturated carbocycles. The van der Waals surface area contributed by atoms with Gasteiger partial charge in [0.15, 0.2) is 0 Å². The van der Waals surface area contributed by atoms with Crippen LogP contribution in [0.15, 0.2) is 48.5 Å². The van der Waals surface area contributed by atoms with E-state index in [1.165, 1.54) is 4.31 Å². The van der Waals surface area contributed by atoms with Gasteiger partial charge in [-0.1, -0.05) is 36.4 Å². The third-order valence-electron chi connectivity index (χ3n) is 4.48. The third kappa shape index (κ3) is 4.68. The van der Waals surface area contributed by atoms with E-state index < -0.39 is 10.0 Å². The minimum atomic E-state index is -3.44. The Balaban J connectivity index is 1.65. The SMILES string of the molecule is Cc1cccc(NC(=O)C2CCCN(S(=O)(=O)Cc3ccccc3)C2)n1. The largest absolute Gasteiger partial charge is 0.310 e. The molecule has 3 rings (SSSR count). The molecule has 1 aromatic carbocycles. The van der Waals surface area contributed by atoms with Crippen molar-refractivity contribution in [3.05, 3.63) is 59.8 Å². The Labute approximate surface area is 154 Å². The lowest BCUT2D eigenvalue weighted by molar-refractivity contribution is -0.120. The van der Waals surface area contributed by atoms with Crippen molar-refractivity contribution >= 4 is 21.7 Å². The van der Waals surface area contributed by atoms with Crippen LogP contribution in [0, 0.1) is 12.8 Å². The first-order chi connectivity index (χ1) is 12.4. The molecule has 0 radical (unpaired) electrons. The summed E-state index contributed by atoms with van der Waals surface area (Å²) in [5.41, 5.74) is 1.57. The number of carbonyl (C=O) groups is 1. The number of nitrogens with zero attached hydrogens (tertiary/aromatic N) is 2. The number of hydrogen-bond acceptors (Lipinski definition) is 4. The van der Waals surface area contributed by atoms with Crippen molar-refractivity contribution in [2.45, 2.75) is 25.5 Å². The Morgan fingerprint density at radius 1 is 1.19 bits per heavy atom. The molecule has 1 unspecified atom stereocenters. The van der Waals surface area contributed by atoms with Crippen molar-refractivity contribution in [2.75, 3.05) is 18.4 Å². The zero-order valence-electron chi connectivity index (χ0n) is 14.8. The van der Waals surface area contributed by atoms with Crippen molar-refractivity contribution in [3.63, 3.8) is 0 Å². The maximum Gasteiger partial charge on any atom is 0.229 e. The Kier molecular flexibility index (Phi) is 5.68. The van der Waals surface area contributed by atoms with Gasteiger partial charge < -0.3 is 5.32 Å². The second-order valence-corrected chi connectivity index (χ2v) is 8.56. The van der Waals surface area contributed by atoms with E-state index in [0.29, 0.717) is 25.2 Å². The van der Waals surface area contributed by atoms with E-state index >= 15 is 0 Å². The fourth-order valence-corrected chi connectivity index (χ4v) is 4.74. The summed E-state index contributed by atoms with van der Waals surface area (Å²) in [5.74, 6) is -0.0830. The molecule has 1 aliphatic rings. The molecule has 1 fully saturated rings. The van der Waals surface area contributed by atoms with Gasteiger partial charge in [-0.2, -0.15) is 0 Å². The minimum Gasteiger partial charge on any atom is -0.310 e. The summed E-state index contributed by atoms with van der Waals surface area (Å²) in [6, 6.07) is 14.5. The number of benzene rings is 1. The summed E-state index contributed by atoms with van der Waals surface area (Å²) in [6.45, 7) is 2.53. The number of piperidine rings is 1. The average Bonchev–Trinajstić information content (AvgIpc) is 2.62. The van der Waals surface area contributed by atoms with E-state index in [4.69, 9.17) is 0 Å². The van der Waals surface area contributed by atoms with Crippen molar-refractivity contribution in [2.24, 2.45) is 5.92 Å². The average molecular weight is 373 g/mol. The molecule has 2 heterocycles. The van der Waals surface area contributed by atoms with Crippen LogP contribution >= 0.6 is 0 Å². The summed E-state index contributed by atoms with van der Waals surface area (Å²) < 4.78 is 26.9. The van der Waals surface area contributed by atoms with Crippen LogP contribution in [-0.4, -0.2) is 36.7 Å². The van der Waals surface area contributed by atoms with Gasteiger partial charge in [-0.25, -0.2) is 17.7 Å². The topological polar surface area (TPSA) is 79.4 Å². The molecule has 1 saturated heterocycles. The smallest absolute Gasteiger partial charge is 0.229 e. The summed E-state index contributed by atoms with van der Waals surface area (Å²) in [5, 5.41) is 2.80. The van der Waals surface area contributed by atoms with Crippen molar-refractivity contribution < 1.29 is 13.2 Å². The molecule has 1 atom stereocenters. The number of hydrogen-bond donors (Lipinski definition) is 1. The maximum absolute atomic E-state index is 12.7. The van der Waals surface area contributed by atoms with E-state index in [0.717, 1.165) is 11.3 Å². The normalized spacial score (nSPS) is 18.4. The quantitative estimate of drug-likeness (QED) is 0.874. The predicted octanol–water partition coefficient (Wildman–Crippen LogP) is 2.57. The number of aryl methyl sites for hydroxylation is 1. The van der Waals surface area contributed by atoms with Gasteiger partial charge in [-0.05, 0) is 37.5 Å². The standard InChI is InChI=1S/C19H23N3O3S/c1-15-7-5-11-18(20-15)21-19(23)17-10-6-12-22(13-17)26(24,25)14-16-8-3-2-4-9-16/h2-5,7-9,11,17H,6,10,12-14H2,1H3,(H,20,21,23). The molecule has 0 bridgehead atoms. The molecule has 0 spiro atoms. The van der Waals surface area contributed by atoms with Gasteiger partial charge in [0.25, 0.3) is 0 Å². The van der Waals surface area contributed by atoms with Gasteiger partial charge in [-0.3, -0.25) is 4.79 Å². The van der Waals surface area contributed by atoms with Crippen LogP contribution in [0.1, 0.15) is 24.1 Å². The summed E-state index contributed by atoms with van der Waals surface area (Å²) >= 11 is 0. The van der Waals surface area contributed by atoms with Gasteiger partial charge in [0.1, 0.15) is 5.82 Å². The van der Waals surface area contributed by atoms with Crippen LogP contribution in [0.25, 0.3) is 0 Å². The number of pyridine rings is 1. The van der Waals surface area contributed by atoms with E-state index in [-0.39, 0.29) is 24.1 Å². The van der Waals surface area contributed by atoms with Crippen LogP contribution in [0.5, 0.6) is 0 Å². The Morgan fingerprint density at radius 3 is 2.69 bits per heavy atom. The maximum atomic E-state index is 12.7. The molecule has 7 heteroatoms. The van der Waals surface area contributed by atoms with E-state index in [9.17, 15) is 13.2 Å². The van der Waals surface area contributed by atoms with Crippen molar-refractivity contribution in [1.82, 2.24) is 9.29 Å². The van der Waals surface area contributed by atoms with Gasteiger partial charge in [0, 0.05) is 18.8 Å². The number of aromatic nitrogens is 1. The highest BCUT2D eigenvalue weighted by Gasteiger charge is 2.32. The van der Waals surface area contributed by atoms with Gasteiger partial charge in [0.2, 0.25) is 15.9 Å². The lowest BCUT2D eigenvalue weighted by Crippen LogP contribution is -2.44. The molecule has 6 nitrogen and oxygen atoms in total. The first-order valence-corrected chi connectivity index (χ1v) is 10.3. The number of sulfonamides is 1. The Bertz CT molecular complexity index is 869. The predicted molar refractivity (Wildman–Crippen MR) is 101 cm³/mol. The summed E-state index contributed by atoms with van der Waals surface area (Å²) in [7, 11) is -3.44. The fraction of sp³-hybridized carbons (Fsp3) is 0.368. The number of nitrogens with one attached hydrogen (secondary N) is 1. The van der Waals surface area contributed by atoms with E-state index in [1.54, 1.807) is 18.2 Å². The number of anilines is 1. The first kappa shape index (κ1) is 18.5. The monoisotopic (exact) mass is 373 g/mol. The highest BCUT2D eigenvalue weighted by atomic mass is 32.2. The number of amides is 1. The lowest BCUT2D eigenvalue weighted by atomic mass is 9.99. The minimum absolute atomic E-state index is 0.0401. The fourth-order valence-electron chi connectivity index (χ4n) is 3.13. The molecule has 0 aliphatic carbocycles. The number of rotatable bonds is 5. The zero-order chi connectivity index (χ0) is 18.6. The van der Waals surface area contributed by atoms with Crippen LogP contribution in [0.3, 0.4) is 0 Å². The van der Waals surface area contributed by atoms with E-state index in [1.807, 2.05) is 37.3 Å². The summed E-state index contributed by atoms with van der Waals surface area (Å²) in [6.07, 6.45) is 1.35. The molecule has 1 aromatic heterocycles. The van der Waals surface area contributed by atoms with Crippen LogP contribution in [0.2, 0.25) is 0 Å². The van der Waals surface area contributed by atoms with Crippen molar-refractivity contribution in [1.29, 1.82) is 0 Å². The third-order valence-corrected chi connectivity index (χ3v) is 6.30. The molecule has 26 heavy (non-hydrogen) atoms. The zero-order valence-corrected chi connectivity index (χ0v) is 15.6.